The first-order valence-electron chi connectivity index (χ1n) is 11.8. The van der Waals surface area contributed by atoms with Gasteiger partial charge in [-0.05, 0) is 49.9 Å². The molecule has 2 aromatic rings. The number of hydrogen-bond acceptors (Lipinski definition) is 6. The van der Waals surface area contributed by atoms with Crippen molar-refractivity contribution in [2.75, 3.05) is 45.3 Å². The number of para-hydroxylation sites is 1. The van der Waals surface area contributed by atoms with Gasteiger partial charge in [0.25, 0.3) is 5.91 Å². The SMILES string of the molecule is COc1cccc(CNC(=O)c2cc(S(=O)(=O)N3CCCCC3)ccc2N2CCCC2)c1OC. The predicted molar refractivity (Wildman–Crippen MR) is 131 cm³/mol. The number of piperidine rings is 1. The molecular weight excluding hydrogens is 454 g/mol. The topological polar surface area (TPSA) is 88.2 Å². The van der Waals surface area contributed by atoms with E-state index in [0.717, 1.165) is 56.4 Å². The highest BCUT2D eigenvalue weighted by Gasteiger charge is 2.29. The maximum Gasteiger partial charge on any atom is 0.253 e. The van der Waals surface area contributed by atoms with Gasteiger partial charge in [-0.2, -0.15) is 4.31 Å². The average molecular weight is 488 g/mol. The lowest BCUT2D eigenvalue weighted by atomic mass is 10.1. The molecule has 2 saturated heterocycles. The average Bonchev–Trinajstić information content (AvgIpc) is 3.42. The Hall–Kier alpha value is -2.78. The molecule has 8 nitrogen and oxygen atoms in total. The van der Waals surface area contributed by atoms with Gasteiger partial charge in [-0.25, -0.2) is 8.42 Å². The summed E-state index contributed by atoms with van der Waals surface area (Å²) in [5.74, 6) is 0.829. The summed E-state index contributed by atoms with van der Waals surface area (Å²) < 4.78 is 38.9. The van der Waals surface area contributed by atoms with Crippen molar-refractivity contribution in [3.63, 3.8) is 0 Å². The number of methoxy groups -OCH3 is 2. The molecular formula is C25H33N3O5S. The van der Waals surface area contributed by atoms with Gasteiger partial charge in [0.1, 0.15) is 0 Å². The number of carbonyl (C=O) groups is 1. The van der Waals surface area contributed by atoms with Crippen molar-refractivity contribution in [1.29, 1.82) is 0 Å². The lowest BCUT2D eigenvalue weighted by molar-refractivity contribution is 0.0951. The summed E-state index contributed by atoms with van der Waals surface area (Å²) in [6, 6.07) is 10.5. The molecule has 1 amide bonds. The third kappa shape index (κ3) is 5.00. The van der Waals surface area contributed by atoms with Gasteiger partial charge in [-0.1, -0.05) is 18.6 Å². The number of rotatable bonds is 8. The van der Waals surface area contributed by atoms with Crippen molar-refractivity contribution in [3.8, 4) is 11.5 Å². The Bertz CT molecular complexity index is 1120. The third-order valence-corrected chi connectivity index (χ3v) is 8.43. The zero-order valence-corrected chi connectivity index (χ0v) is 20.7. The van der Waals surface area contributed by atoms with E-state index in [1.54, 1.807) is 32.4 Å². The third-order valence-electron chi connectivity index (χ3n) is 6.54. The normalized spacial score (nSPS) is 16.9. The van der Waals surface area contributed by atoms with E-state index in [0.29, 0.717) is 30.2 Å². The van der Waals surface area contributed by atoms with E-state index in [-0.39, 0.29) is 17.3 Å². The zero-order valence-electron chi connectivity index (χ0n) is 19.9. The molecule has 2 aliphatic rings. The number of carbonyl (C=O) groups excluding carboxylic acids is 1. The highest BCUT2D eigenvalue weighted by atomic mass is 32.2. The first-order chi connectivity index (χ1) is 16.5. The summed E-state index contributed by atoms with van der Waals surface area (Å²) in [5.41, 5.74) is 1.92. The maximum absolute atomic E-state index is 13.4. The second-order valence-corrected chi connectivity index (χ2v) is 10.6. The van der Waals surface area contributed by atoms with Crippen LogP contribution in [0.1, 0.15) is 48.0 Å². The molecule has 34 heavy (non-hydrogen) atoms. The van der Waals surface area contributed by atoms with Gasteiger partial charge in [-0.3, -0.25) is 4.79 Å². The van der Waals surface area contributed by atoms with Gasteiger partial charge < -0.3 is 19.7 Å². The van der Waals surface area contributed by atoms with E-state index in [1.807, 2.05) is 12.1 Å². The van der Waals surface area contributed by atoms with Crippen LogP contribution in [-0.4, -0.2) is 59.0 Å². The highest BCUT2D eigenvalue weighted by molar-refractivity contribution is 7.89. The van der Waals surface area contributed by atoms with Crippen LogP contribution < -0.4 is 19.7 Å². The van der Waals surface area contributed by atoms with Crippen molar-refractivity contribution in [3.05, 3.63) is 47.5 Å². The molecule has 2 aliphatic heterocycles. The van der Waals surface area contributed by atoms with Crippen LogP contribution in [-0.2, 0) is 16.6 Å². The molecule has 184 valence electrons. The summed E-state index contributed by atoms with van der Waals surface area (Å²) in [7, 11) is -0.521. The van der Waals surface area contributed by atoms with Gasteiger partial charge in [0.2, 0.25) is 10.0 Å². The predicted octanol–water partition coefficient (Wildman–Crippen LogP) is 3.41. The molecule has 9 heteroatoms. The minimum Gasteiger partial charge on any atom is -0.493 e. The summed E-state index contributed by atoms with van der Waals surface area (Å²) in [4.78, 5) is 15.7. The fraction of sp³-hybridized carbons (Fsp3) is 0.480. The van der Waals surface area contributed by atoms with E-state index in [2.05, 4.69) is 10.2 Å². The molecule has 0 spiro atoms. The summed E-state index contributed by atoms with van der Waals surface area (Å²) in [6.07, 6.45) is 4.87. The van der Waals surface area contributed by atoms with Crippen LogP contribution in [0.4, 0.5) is 5.69 Å². The van der Waals surface area contributed by atoms with E-state index in [9.17, 15) is 13.2 Å². The van der Waals surface area contributed by atoms with Crippen LogP contribution in [0, 0.1) is 0 Å². The van der Waals surface area contributed by atoms with E-state index >= 15 is 0 Å². The minimum absolute atomic E-state index is 0.168. The van der Waals surface area contributed by atoms with Crippen LogP contribution in [0.5, 0.6) is 11.5 Å². The van der Waals surface area contributed by atoms with E-state index in [4.69, 9.17) is 9.47 Å². The molecule has 2 heterocycles. The van der Waals surface area contributed by atoms with Crippen molar-refractivity contribution in [2.24, 2.45) is 0 Å². The molecule has 1 N–H and O–H groups in total. The molecule has 0 radical (unpaired) electrons. The molecule has 0 bridgehead atoms. The van der Waals surface area contributed by atoms with Gasteiger partial charge >= 0.3 is 0 Å². The Morgan fingerprint density at radius 1 is 0.941 bits per heavy atom. The largest absolute Gasteiger partial charge is 0.493 e. The van der Waals surface area contributed by atoms with E-state index in [1.165, 1.54) is 10.4 Å². The monoisotopic (exact) mass is 487 g/mol. The number of hydrogen-bond donors (Lipinski definition) is 1. The maximum atomic E-state index is 13.4. The number of nitrogens with one attached hydrogen (secondary N) is 1. The molecule has 0 aromatic heterocycles. The molecule has 0 saturated carbocycles. The second-order valence-electron chi connectivity index (χ2n) is 8.67. The van der Waals surface area contributed by atoms with Gasteiger partial charge in [0, 0.05) is 44.0 Å². The Morgan fingerprint density at radius 2 is 1.65 bits per heavy atom. The van der Waals surface area contributed by atoms with Gasteiger partial charge in [-0.15, -0.1) is 0 Å². The van der Waals surface area contributed by atoms with Crippen molar-refractivity contribution in [2.45, 2.75) is 43.5 Å². The lowest BCUT2D eigenvalue weighted by Gasteiger charge is -2.27. The molecule has 2 fully saturated rings. The van der Waals surface area contributed by atoms with Crippen LogP contribution in [0.25, 0.3) is 0 Å². The number of anilines is 1. The van der Waals surface area contributed by atoms with Crippen LogP contribution in [0.15, 0.2) is 41.3 Å². The first-order valence-corrected chi connectivity index (χ1v) is 13.3. The smallest absolute Gasteiger partial charge is 0.253 e. The first kappa shape index (κ1) is 24.3. The number of ether oxygens (including phenoxy) is 2. The fourth-order valence-electron chi connectivity index (χ4n) is 4.71. The minimum atomic E-state index is -3.65. The number of nitrogens with zero attached hydrogens (tertiary/aromatic N) is 2. The lowest BCUT2D eigenvalue weighted by Crippen LogP contribution is -2.36. The van der Waals surface area contributed by atoms with Gasteiger partial charge in [0.05, 0.1) is 24.7 Å². The Morgan fingerprint density at radius 3 is 2.32 bits per heavy atom. The molecule has 2 aromatic carbocycles. The Kier molecular flexibility index (Phi) is 7.63. The van der Waals surface area contributed by atoms with E-state index < -0.39 is 10.0 Å². The van der Waals surface area contributed by atoms with Crippen LogP contribution in [0.2, 0.25) is 0 Å². The van der Waals surface area contributed by atoms with Crippen molar-refractivity contribution >= 4 is 21.6 Å². The van der Waals surface area contributed by atoms with Crippen molar-refractivity contribution < 1.29 is 22.7 Å². The standard InChI is InChI=1S/C25H33N3O5S/c1-32-23-10-8-9-19(24(23)33-2)18-26-25(29)21-17-20(11-12-22(21)27-13-6-7-14-27)34(30,31)28-15-4-3-5-16-28/h8-12,17H,3-7,13-16,18H2,1-2H3,(H,26,29). The van der Waals surface area contributed by atoms with Crippen LogP contribution >= 0.6 is 0 Å². The summed E-state index contributed by atoms with van der Waals surface area (Å²) >= 11 is 0. The highest BCUT2D eigenvalue weighted by Crippen LogP contribution is 2.32. The molecule has 0 aliphatic carbocycles. The van der Waals surface area contributed by atoms with Crippen LogP contribution in [0.3, 0.4) is 0 Å². The quantitative estimate of drug-likeness (QED) is 0.614. The summed E-state index contributed by atoms with van der Waals surface area (Å²) in [5, 5.41) is 2.95. The Balaban J connectivity index is 1.63. The summed E-state index contributed by atoms with van der Waals surface area (Å²) in [6.45, 7) is 2.97. The number of sulfonamides is 1. The fourth-order valence-corrected chi connectivity index (χ4v) is 6.25. The number of amides is 1. The molecule has 0 unspecified atom stereocenters. The molecule has 0 atom stereocenters. The second kappa shape index (κ2) is 10.7. The number of benzene rings is 2. The molecule has 4 rings (SSSR count). The Labute approximate surface area is 201 Å². The zero-order chi connectivity index (χ0) is 24.1. The van der Waals surface area contributed by atoms with Crippen molar-refractivity contribution in [1.82, 2.24) is 9.62 Å². The van der Waals surface area contributed by atoms with Gasteiger partial charge in [0.15, 0.2) is 11.5 Å².